The Morgan fingerprint density at radius 1 is 1.08 bits per heavy atom. The molecule has 39 heavy (non-hydrogen) atoms. The van der Waals surface area contributed by atoms with E-state index >= 15 is 0 Å². The first-order valence-corrected chi connectivity index (χ1v) is 13.4. The number of anilines is 1. The molecule has 6 rings (SSSR count). The van der Waals surface area contributed by atoms with Crippen molar-refractivity contribution >= 4 is 34.6 Å². The van der Waals surface area contributed by atoms with Gasteiger partial charge in [-0.1, -0.05) is 13.8 Å². The number of hydrogen-bond donors (Lipinski definition) is 1. The number of pyridine rings is 2. The number of hydrogen-bond acceptors (Lipinski definition) is 6. The highest BCUT2D eigenvalue weighted by Gasteiger charge is 2.62. The molecule has 2 atom stereocenters. The maximum atomic E-state index is 13.0. The molecule has 1 aromatic carbocycles. The van der Waals surface area contributed by atoms with Crippen LogP contribution < -0.4 is 5.73 Å². The standard InChI is InChI=1S/C32H32N4O3/c1-19-12-22(28-10-6-21(16-34-28)31(38)36-17-26-27(18-36)32(26,2)3)13-23-14-25(39-30(19)23)9-8-24(37)7-4-20-5-11-29(33)35-15-20/h4-7,10-16,26-27H,8-9,17-18H2,1-3H3,(H2,33,35)/b7-4+. The van der Waals surface area contributed by atoms with Crippen LogP contribution in [0, 0.1) is 24.2 Å². The van der Waals surface area contributed by atoms with Gasteiger partial charge in [0.1, 0.15) is 17.2 Å². The summed E-state index contributed by atoms with van der Waals surface area (Å²) in [6.07, 6.45) is 7.48. The topological polar surface area (TPSA) is 102 Å². The Kier molecular flexibility index (Phi) is 6.09. The third-order valence-corrected chi connectivity index (χ3v) is 8.46. The van der Waals surface area contributed by atoms with Gasteiger partial charge in [0, 0.05) is 49.3 Å². The fourth-order valence-electron chi connectivity index (χ4n) is 5.86. The zero-order chi connectivity index (χ0) is 27.3. The lowest BCUT2D eigenvalue weighted by Crippen LogP contribution is -2.32. The van der Waals surface area contributed by atoms with E-state index < -0.39 is 0 Å². The minimum Gasteiger partial charge on any atom is -0.461 e. The van der Waals surface area contributed by atoms with Gasteiger partial charge < -0.3 is 15.1 Å². The Labute approximate surface area is 227 Å². The summed E-state index contributed by atoms with van der Waals surface area (Å²) in [4.78, 5) is 36.0. The molecule has 2 N–H and O–H groups in total. The number of piperidine rings is 1. The largest absolute Gasteiger partial charge is 0.461 e. The van der Waals surface area contributed by atoms with Crippen molar-refractivity contribution in [3.05, 3.63) is 83.4 Å². The Bertz CT molecular complexity index is 1590. The third-order valence-electron chi connectivity index (χ3n) is 8.46. The summed E-state index contributed by atoms with van der Waals surface area (Å²) >= 11 is 0. The number of rotatable bonds is 7. The number of benzene rings is 1. The molecule has 7 heteroatoms. The molecule has 0 bridgehead atoms. The number of amides is 1. The van der Waals surface area contributed by atoms with E-state index in [1.165, 1.54) is 0 Å². The van der Waals surface area contributed by atoms with Crippen LogP contribution in [0.15, 0.2) is 65.4 Å². The van der Waals surface area contributed by atoms with Crippen LogP contribution in [0.2, 0.25) is 0 Å². The third kappa shape index (κ3) is 4.85. The number of nitrogen functional groups attached to an aromatic ring is 1. The fourth-order valence-corrected chi connectivity index (χ4v) is 5.86. The van der Waals surface area contributed by atoms with Crippen molar-refractivity contribution in [1.29, 1.82) is 0 Å². The van der Waals surface area contributed by atoms with Gasteiger partial charge in [0.05, 0.1) is 11.3 Å². The average molecular weight is 521 g/mol. The molecule has 4 heterocycles. The summed E-state index contributed by atoms with van der Waals surface area (Å²) in [6, 6.07) is 13.4. The maximum Gasteiger partial charge on any atom is 0.255 e. The number of likely N-dealkylation sites (tertiary alicyclic amines) is 1. The predicted octanol–water partition coefficient (Wildman–Crippen LogP) is 5.72. The van der Waals surface area contributed by atoms with Gasteiger partial charge in [-0.05, 0) is 89.9 Å². The molecule has 2 fully saturated rings. The molecule has 2 unspecified atom stereocenters. The first-order valence-electron chi connectivity index (χ1n) is 13.4. The van der Waals surface area contributed by atoms with Gasteiger partial charge in [0.25, 0.3) is 5.91 Å². The van der Waals surface area contributed by atoms with Crippen molar-refractivity contribution < 1.29 is 14.0 Å². The number of furan rings is 1. The van der Waals surface area contributed by atoms with Crippen molar-refractivity contribution in [1.82, 2.24) is 14.9 Å². The van der Waals surface area contributed by atoms with E-state index in [2.05, 4.69) is 23.8 Å². The van der Waals surface area contributed by atoms with Crippen LogP contribution in [0.3, 0.4) is 0 Å². The van der Waals surface area contributed by atoms with Gasteiger partial charge in [-0.15, -0.1) is 0 Å². The Morgan fingerprint density at radius 3 is 2.56 bits per heavy atom. The SMILES string of the molecule is Cc1cc(-c2ccc(C(=O)N3CC4C(C3)C4(C)C)cn2)cc2cc(CCC(=O)/C=C/c3ccc(N)nc3)oc12. The van der Waals surface area contributed by atoms with Gasteiger partial charge >= 0.3 is 0 Å². The van der Waals surface area contributed by atoms with Gasteiger partial charge in [0.2, 0.25) is 0 Å². The van der Waals surface area contributed by atoms with Crippen LogP contribution >= 0.6 is 0 Å². The summed E-state index contributed by atoms with van der Waals surface area (Å²) in [5, 5.41) is 0.969. The van der Waals surface area contributed by atoms with Crippen molar-refractivity contribution in [3.8, 4) is 11.3 Å². The summed E-state index contributed by atoms with van der Waals surface area (Å²) in [5.74, 6) is 2.55. The first kappa shape index (κ1) is 25.0. The highest BCUT2D eigenvalue weighted by atomic mass is 16.3. The van der Waals surface area contributed by atoms with E-state index in [0.29, 0.717) is 41.5 Å². The van der Waals surface area contributed by atoms with E-state index in [9.17, 15) is 9.59 Å². The van der Waals surface area contributed by atoms with Crippen LogP contribution in [0.4, 0.5) is 5.82 Å². The molecule has 1 aliphatic heterocycles. The predicted molar refractivity (Wildman–Crippen MR) is 152 cm³/mol. The number of allylic oxidation sites excluding steroid dienone is 1. The number of carbonyl (C=O) groups excluding carboxylic acids is 2. The van der Waals surface area contributed by atoms with Crippen LogP contribution in [-0.4, -0.2) is 39.6 Å². The zero-order valence-corrected chi connectivity index (χ0v) is 22.5. The van der Waals surface area contributed by atoms with Crippen molar-refractivity contribution in [2.75, 3.05) is 18.8 Å². The number of carbonyl (C=O) groups is 2. The summed E-state index contributed by atoms with van der Waals surface area (Å²) in [6.45, 7) is 8.28. The van der Waals surface area contributed by atoms with Gasteiger partial charge in [-0.2, -0.15) is 0 Å². The van der Waals surface area contributed by atoms with Gasteiger partial charge in [-0.25, -0.2) is 4.98 Å². The summed E-state index contributed by atoms with van der Waals surface area (Å²) in [7, 11) is 0. The highest BCUT2D eigenvalue weighted by Crippen LogP contribution is 2.62. The first-order chi connectivity index (χ1) is 18.7. The van der Waals surface area contributed by atoms with Gasteiger partial charge in [-0.3, -0.25) is 14.6 Å². The fraction of sp³-hybridized carbons (Fsp3) is 0.312. The lowest BCUT2D eigenvalue weighted by atomic mass is 10.0. The zero-order valence-electron chi connectivity index (χ0n) is 22.5. The molecule has 4 aromatic rings. The van der Waals surface area contributed by atoms with E-state index in [0.717, 1.165) is 52.2 Å². The lowest BCUT2D eigenvalue weighted by Gasteiger charge is -2.22. The molecule has 1 saturated carbocycles. The van der Waals surface area contributed by atoms with Crippen LogP contribution in [0.1, 0.15) is 47.5 Å². The van der Waals surface area contributed by atoms with Crippen molar-refractivity contribution in [2.45, 2.75) is 33.6 Å². The lowest BCUT2D eigenvalue weighted by molar-refractivity contribution is -0.114. The number of fused-ring (bicyclic) bond motifs is 2. The Morgan fingerprint density at radius 2 is 1.87 bits per heavy atom. The van der Waals surface area contributed by atoms with Crippen LogP contribution in [0.5, 0.6) is 0 Å². The van der Waals surface area contributed by atoms with E-state index in [1.807, 2.05) is 48.2 Å². The Balaban J connectivity index is 1.11. The monoisotopic (exact) mass is 520 g/mol. The van der Waals surface area contributed by atoms with E-state index in [4.69, 9.17) is 10.2 Å². The molecule has 198 valence electrons. The minimum absolute atomic E-state index is 0.0122. The second kappa shape index (κ2) is 9.49. The van der Waals surface area contributed by atoms with Crippen LogP contribution in [-0.2, 0) is 11.2 Å². The highest BCUT2D eigenvalue weighted by molar-refractivity contribution is 5.95. The molecular formula is C32H32N4O3. The molecule has 1 saturated heterocycles. The summed E-state index contributed by atoms with van der Waals surface area (Å²) < 4.78 is 6.08. The second-order valence-electron chi connectivity index (χ2n) is 11.4. The molecule has 0 radical (unpaired) electrons. The van der Waals surface area contributed by atoms with Gasteiger partial charge in [0.15, 0.2) is 5.78 Å². The number of aromatic nitrogens is 2. The molecule has 3 aromatic heterocycles. The molecule has 2 aliphatic rings. The normalized spacial score (nSPS) is 19.5. The number of aryl methyl sites for hydroxylation is 2. The number of ketones is 1. The minimum atomic E-state index is 0.0122. The number of nitrogens with zero attached hydrogens (tertiary/aromatic N) is 3. The second-order valence-corrected chi connectivity index (χ2v) is 11.4. The van der Waals surface area contributed by atoms with Crippen molar-refractivity contribution in [3.63, 3.8) is 0 Å². The smallest absolute Gasteiger partial charge is 0.255 e. The molecule has 1 aliphatic carbocycles. The quantitative estimate of drug-likeness (QED) is 0.313. The van der Waals surface area contributed by atoms with Crippen LogP contribution in [0.25, 0.3) is 28.3 Å². The number of nitrogens with two attached hydrogens (primary N) is 1. The molecule has 0 spiro atoms. The molecular weight excluding hydrogens is 488 g/mol. The summed E-state index contributed by atoms with van der Waals surface area (Å²) in [5.41, 5.74) is 11.0. The molecule has 7 nitrogen and oxygen atoms in total. The van der Waals surface area contributed by atoms with Crippen molar-refractivity contribution in [2.24, 2.45) is 17.3 Å². The maximum absolute atomic E-state index is 13.0. The average Bonchev–Trinajstić information content (AvgIpc) is 3.34. The van der Waals surface area contributed by atoms with E-state index in [-0.39, 0.29) is 11.7 Å². The molecule has 1 amide bonds. The van der Waals surface area contributed by atoms with E-state index in [1.54, 1.807) is 30.6 Å². The Hall–Kier alpha value is -4.26.